The van der Waals surface area contributed by atoms with E-state index < -0.39 is 0 Å². The van der Waals surface area contributed by atoms with Gasteiger partial charge in [0.15, 0.2) is 0 Å². The maximum absolute atomic E-state index is 12.8. The van der Waals surface area contributed by atoms with Crippen molar-refractivity contribution in [3.8, 4) is 5.75 Å². The molecule has 2 atom stereocenters. The first kappa shape index (κ1) is 18.8. The first-order valence-corrected chi connectivity index (χ1v) is 9.33. The van der Waals surface area contributed by atoms with Gasteiger partial charge in [0, 0.05) is 11.5 Å². The molecule has 140 valence electrons. The van der Waals surface area contributed by atoms with Gasteiger partial charge < -0.3 is 9.47 Å². The SMILES string of the molecule is COc1ccc(C2C(=O)OC3=C2C=C(C(C)(C)C)CC3C(C)(C)C)cc1. The summed E-state index contributed by atoms with van der Waals surface area (Å²) < 4.78 is 11.1. The monoisotopic (exact) mass is 354 g/mol. The molecule has 26 heavy (non-hydrogen) atoms. The molecule has 3 rings (SSSR count). The Hall–Kier alpha value is -2.03. The smallest absolute Gasteiger partial charge is 0.323 e. The van der Waals surface area contributed by atoms with E-state index in [1.807, 2.05) is 24.3 Å². The molecule has 0 amide bonds. The number of methoxy groups -OCH3 is 1. The molecule has 0 radical (unpaired) electrons. The second-order valence-corrected chi connectivity index (χ2v) is 9.49. The van der Waals surface area contributed by atoms with E-state index in [4.69, 9.17) is 9.47 Å². The van der Waals surface area contributed by atoms with Crippen LogP contribution < -0.4 is 4.74 Å². The van der Waals surface area contributed by atoms with E-state index in [2.05, 4.69) is 47.6 Å². The minimum atomic E-state index is -0.349. The highest BCUT2D eigenvalue weighted by atomic mass is 16.5. The predicted octanol–water partition coefficient (Wildman–Crippen LogP) is 5.63. The summed E-state index contributed by atoms with van der Waals surface area (Å²) in [6.07, 6.45) is 3.16. The fourth-order valence-corrected chi connectivity index (χ4v) is 3.82. The zero-order valence-electron chi connectivity index (χ0n) is 17.0. The molecule has 0 spiro atoms. The molecule has 2 aliphatic rings. The Bertz CT molecular complexity index is 767. The summed E-state index contributed by atoms with van der Waals surface area (Å²) in [5.74, 6) is 1.36. The minimum Gasteiger partial charge on any atom is -0.497 e. The largest absolute Gasteiger partial charge is 0.497 e. The summed E-state index contributed by atoms with van der Waals surface area (Å²) in [6.45, 7) is 13.4. The zero-order valence-corrected chi connectivity index (χ0v) is 17.0. The van der Waals surface area contributed by atoms with E-state index in [1.54, 1.807) is 7.11 Å². The summed E-state index contributed by atoms with van der Waals surface area (Å²) in [7, 11) is 1.65. The van der Waals surface area contributed by atoms with Crippen molar-refractivity contribution in [3.05, 3.63) is 52.8 Å². The van der Waals surface area contributed by atoms with Crippen molar-refractivity contribution in [1.29, 1.82) is 0 Å². The number of benzene rings is 1. The van der Waals surface area contributed by atoms with Gasteiger partial charge in [-0.05, 0) is 34.9 Å². The van der Waals surface area contributed by atoms with Crippen molar-refractivity contribution in [2.75, 3.05) is 7.11 Å². The fraction of sp³-hybridized carbons (Fsp3) is 0.522. The van der Waals surface area contributed by atoms with Crippen LogP contribution in [0.3, 0.4) is 0 Å². The molecule has 0 saturated heterocycles. The van der Waals surface area contributed by atoms with Crippen LogP contribution in [0.2, 0.25) is 0 Å². The lowest BCUT2D eigenvalue weighted by atomic mass is 9.67. The Labute approximate surface area is 157 Å². The van der Waals surface area contributed by atoms with E-state index in [9.17, 15) is 4.79 Å². The van der Waals surface area contributed by atoms with Crippen molar-refractivity contribution in [2.24, 2.45) is 16.7 Å². The van der Waals surface area contributed by atoms with E-state index in [-0.39, 0.29) is 28.6 Å². The zero-order chi connectivity index (χ0) is 19.3. The van der Waals surface area contributed by atoms with Gasteiger partial charge in [0.25, 0.3) is 0 Å². The molecule has 1 aromatic rings. The lowest BCUT2D eigenvalue weighted by molar-refractivity contribution is -0.139. The predicted molar refractivity (Wildman–Crippen MR) is 104 cm³/mol. The molecule has 0 bridgehead atoms. The van der Waals surface area contributed by atoms with E-state index in [0.717, 1.165) is 29.1 Å². The highest BCUT2D eigenvalue weighted by molar-refractivity contribution is 5.87. The molecule has 2 unspecified atom stereocenters. The normalized spacial score (nSPS) is 23.5. The summed E-state index contributed by atoms with van der Waals surface area (Å²) in [5.41, 5.74) is 3.47. The molecule has 1 aromatic carbocycles. The van der Waals surface area contributed by atoms with Gasteiger partial charge in [-0.1, -0.05) is 65.3 Å². The average molecular weight is 354 g/mol. The standard InChI is InChI=1S/C23H30O3/c1-22(2,3)15-12-17-19(14-8-10-16(25-7)11-9-14)21(24)26-20(17)18(13-15)23(4,5)6/h8-12,18-19H,13H2,1-7H3. The Morgan fingerprint density at radius 1 is 1.04 bits per heavy atom. The first-order valence-electron chi connectivity index (χ1n) is 9.33. The van der Waals surface area contributed by atoms with E-state index >= 15 is 0 Å². The van der Waals surface area contributed by atoms with Crippen LogP contribution in [0.15, 0.2) is 47.2 Å². The molecular weight excluding hydrogens is 324 g/mol. The maximum Gasteiger partial charge on any atom is 0.323 e. The molecule has 0 saturated carbocycles. The summed E-state index contributed by atoms with van der Waals surface area (Å²) in [5, 5.41) is 0. The molecule has 1 heterocycles. The number of hydrogen-bond donors (Lipinski definition) is 0. The van der Waals surface area contributed by atoms with Crippen molar-refractivity contribution in [3.63, 3.8) is 0 Å². The third-order valence-corrected chi connectivity index (χ3v) is 5.57. The third-order valence-electron chi connectivity index (χ3n) is 5.57. The van der Waals surface area contributed by atoms with Crippen LogP contribution in [0.4, 0.5) is 0 Å². The van der Waals surface area contributed by atoms with Gasteiger partial charge >= 0.3 is 5.97 Å². The van der Waals surface area contributed by atoms with Crippen molar-refractivity contribution in [2.45, 2.75) is 53.9 Å². The Balaban J connectivity index is 2.11. The van der Waals surface area contributed by atoms with Crippen LogP contribution in [-0.4, -0.2) is 13.1 Å². The van der Waals surface area contributed by atoms with Crippen molar-refractivity contribution >= 4 is 5.97 Å². The van der Waals surface area contributed by atoms with Crippen LogP contribution in [0.5, 0.6) is 5.75 Å². The van der Waals surface area contributed by atoms with Crippen molar-refractivity contribution < 1.29 is 14.3 Å². The lowest BCUT2D eigenvalue weighted by Gasteiger charge is -2.37. The number of ether oxygens (including phenoxy) is 2. The quantitative estimate of drug-likeness (QED) is 0.646. The fourth-order valence-electron chi connectivity index (χ4n) is 3.82. The molecule has 0 fully saturated rings. The van der Waals surface area contributed by atoms with Crippen LogP contribution in [-0.2, 0) is 9.53 Å². The highest BCUT2D eigenvalue weighted by Crippen LogP contribution is 2.51. The molecule has 3 nitrogen and oxygen atoms in total. The molecule has 3 heteroatoms. The topological polar surface area (TPSA) is 35.5 Å². The van der Waals surface area contributed by atoms with Crippen LogP contribution in [0, 0.1) is 16.7 Å². The number of hydrogen-bond acceptors (Lipinski definition) is 3. The van der Waals surface area contributed by atoms with Crippen LogP contribution in [0.25, 0.3) is 0 Å². The number of carbonyl (C=O) groups excluding carboxylic acids is 1. The molecule has 1 aliphatic heterocycles. The average Bonchev–Trinajstić information content (AvgIpc) is 2.88. The van der Waals surface area contributed by atoms with E-state index in [0.29, 0.717) is 0 Å². The van der Waals surface area contributed by atoms with Gasteiger partial charge in [0.05, 0.1) is 7.11 Å². The number of esters is 1. The highest BCUT2D eigenvalue weighted by Gasteiger charge is 2.45. The molecule has 0 aromatic heterocycles. The maximum atomic E-state index is 12.8. The summed E-state index contributed by atoms with van der Waals surface area (Å²) >= 11 is 0. The second kappa shape index (κ2) is 6.29. The lowest BCUT2D eigenvalue weighted by Crippen LogP contribution is -2.28. The summed E-state index contributed by atoms with van der Waals surface area (Å²) in [6, 6.07) is 7.73. The third kappa shape index (κ3) is 3.32. The van der Waals surface area contributed by atoms with Gasteiger partial charge in [0.1, 0.15) is 17.4 Å². The van der Waals surface area contributed by atoms with Crippen LogP contribution in [0.1, 0.15) is 59.4 Å². The number of carbonyl (C=O) groups is 1. The Morgan fingerprint density at radius 2 is 1.65 bits per heavy atom. The van der Waals surface area contributed by atoms with Gasteiger partial charge in [-0.25, -0.2) is 0 Å². The Kier molecular flexibility index (Phi) is 4.54. The van der Waals surface area contributed by atoms with Crippen LogP contribution >= 0.6 is 0 Å². The minimum absolute atomic E-state index is 0.0282. The van der Waals surface area contributed by atoms with Crippen molar-refractivity contribution in [1.82, 2.24) is 0 Å². The number of rotatable bonds is 2. The number of allylic oxidation sites excluding steroid dienone is 3. The first-order chi connectivity index (χ1) is 12.0. The summed E-state index contributed by atoms with van der Waals surface area (Å²) in [4.78, 5) is 12.8. The van der Waals surface area contributed by atoms with Gasteiger partial charge in [-0.15, -0.1) is 0 Å². The van der Waals surface area contributed by atoms with Gasteiger partial charge in [-0.3, -0.25) is 4.79 Å². The van der Waals surface area contributed by atoms with Gasteiger partial charge in [0.2, 0.25) is 0 Å². The second-order valence-electron chi connectivity index (χ2n) is 9.49. The molecule has 1 aliphatic carbocycles. The molecular formula is C23H30O3. The van der Waals surface area contributed by atoms with Gasteiger partial charge in [-0.2, -0.15) is 0 Å². The van der Waals surface area contributed by atoms with E-state index in [1.165, 1.54) is 5.57 Å². The Morgan fingerprint density at radius 3 is 2.15 bits per heavy atom. The molecule has 0 N–H and O–H groups in total.